The third kappa shape index (κ3) is 3.15. The number of amides is 1. The molecule has 0 bridgehead atoms. The highest BCUT2D eigenvalue weighted by Gasteiger charge is 2.29. The fourth-order valence-corrected chi connectivity index (χ4v) is 2.64. The van der Waals surface area contributed by atoms with Crippen LogP contribution in [0.15, 0.2) is 18.2 Å². The number of piperidine rings is 1. The van der Waals surface area contributed by atoms with Crippen molar-refractivity contribution in [1.29, 1.82) is 0 Å². The van der Waals surface area contributed by atoms with Crippen molar-refractivity contribution in [3.63, 3.8) is 0 Å². The van der Waals surface area contributed by atoms with E-state index in [1.165, 1.54) is 19.1 Å². The molecule has 4 nitrogen and oxygen atoms in total. The Morgan fingerprint density at radius 2 is 2.15 bits per heavy atom. The number of Topliss-reactive ketones (excluding diaryl/α,β-unsaturated/α-hetero) is 1. The predicted octanol–water partition coefficient (Wildman–Crippen LogP) is 2.51. The average molecular weight is 279 g/mol. The molecule has 0 aromatic heterocycles. The van der Waals surface area contributed by atoms with E-state index in [1.54, 1.807) is 4.90 Å². The number of halogens is 1. The summed E-state index contributed by atoms with van der Waals surface area (Å²) in [5.74, 6) is -1.32. The average Bonchev–Trinajstić information content (AvgIpc) is 2.38. The van der Waals surface area contributed by atoms with Crippen LogP contribution in [0.3, 0.4) is 0 Å². The molecule has 0 aliphatic carbocycles. The molecule has 0 spiro atoms. The Kier molecular flexibility index (Phi) is 4.37. The first-order chi connectivity index (χ1) is 9.49. The summed E-state index contributed by atoms with van der Waals surface area (Å²) in [6.07, 6.45) is 2.91. The number of rotatable bonds is 3. The number of likely N-dealkylation sites (tertiary alicyclic amines) is 1. The Bertz CT molecular complexity index is 530. The minimum atomic E-state index is -0.734. The topological polar surface area (TPSA) is 57.6 Å². The number of ketones is 1. The highest BCUT2D eigenvalue weighted by atomic mass is 19.1. The highest BCUT2D eigenvalue weighted by molar-refractivity contribution is 5.95. The Morgan fingerprint density at radius 3 is 2.80 bits per heavy atom. The van der Waals surface area contributed by atoms with Gasteiger partial charge >= 0.3 is 0 Å². The first-order valence-corrected chi connectivity index (χ1v) is 6.78. The van der Waals surface area contributed by atoms with Crippen LogP contribution in [0.25, 0.3) is 0 Å². The van der Waals surface area contributed by atoms with Crippen LogP contribution in [0.4, 0.5) is 4.39 Å². The lowest BCUT2D eigenvalue weighted by molar-refractivity contribution is -0.118. The molecule has 108 valence electrons. The van der Waals surface area contributed by atoms with Gasteiger partial charge in [0, 0.05) is 25.1 Å². The molecule has 1 aliphatic heterocycles. The van der Waals surface area contributed by atoms with Crippen LogP contribution in [0.5, 0.6) is 5.75 Å². The molecular formula is C15H18FNO3. The Morgan fingerprint density at radius 1 is 1.40 bits per heavy atom. The zero-order valence-corrected chi connectivity index (χ0v) is 11.4. The van der Waals surface area contributed by atoms with E-state index in [9.17, 15) is 19.1 Å². The van der Waals surface area contributed by atoms with Crippen molar-refractivity contribution in [2.45, 2.75) is 38.6 Å². The SMILES string of the molecule is CC(=O)CC1CCCCN1C(=O)c1ccc(O)cc1F. The Balaban J connectivity index is 2.22. The van der Waals surface area contributed by atoms with Gasteiger partial charge in [-0.15, -0.1) is 0 Å². The molecule has 1 saturated heterocycles. The second-order valence-electron chi connectivity index (χ2n) is 5.22. The summed E-state index contributed by atoms with van der Waals surface area (Å²) in [4.78, 5) is 25.3. The molecular weight excluding hydrogens is 261 g/mol. The second-order valence-corrected chi connectivity index (χ2v) is 5.22. The van der Waals surface area contributed by atoms with E-state index in [1.807, 2.05) is 0 Å². The number of aromatic hydroxyl groups is 1. The summed E-state index contributed by atoms with van der Waals surface area (Å²) in [5.41, 5.74) is -0.0572. The van der Waals surface area contributed by atoms with E-state index >= 15 is 0 Å². The first kappa shape index (κ1) is 14.5. The van der Waals surface area contributed by atoms with Crippen molar-refractivity contribution < 1.29 is 19.1 Å². The van der Waals surface area contributed by atoms with Crippen LogP contribution < -0.4 is 0 Å². The van der Waals surface area contributed by atoms with Crippen molar-refractivity contribution in [1.82, 2.24) is 4.90 Å². The van der Waals surface area contributed by atoms with Gasteiger partial charge in [0.25, 0.3) is 5.91 Å². The van der Waals surface area contributed by atoms with Gasteiger partial charge in [-0.2, -0.15) is 0 Å². The summed E-state index contributed by atoms with van der Waals surface area (Å²) >= 11 is 0. The molecule has 1 atom stereocenters. The highest BCUT2D eigenvalue weighted by Crippen LogP contribution is 2.24. The third-order valence-electron chi connectivity index (χ3n) is 3.59. The predicted molar refractivity (Wildman–Crippen MR) is 72.0 cm³/mol. The zero-order valence-electron chi connectivity index (χ0n) is 11.4. The molecule has 0 radical (unpaired) electrons. The number of carbonyl (C=O) groups is 2. The zero-order chi connectivity index (χ0) is 14.7. The van der Waals surface area contributed by atoms with Crippen molar-refractivity contribution >= 4 is 11.7 Å². The molecule has 1 unspecified atom stereocenters. The van der Waals surface area contributed by atoms with Gasteiger partial charge in [-0.25, -0.2) is 4.39 Å². The lowest BCUT2D eigenvalue weighted by Gasteiger charge is -2.35. The largest absolute Gasteiger partial charge is 0.508 e. The molecule has 20 heavy (non-hydrogen) atoms. The molecule has 1 heterocycles. The standard InChI is InChI=1S/C15H18FNO3/c1-10(18)8-11-4-2-3-7-17(11)15(20)13-6-5-12(19)9-14(13)16/h5-6,9,11,19H,2-4,7-8H2,1H3. The summed E-state index contributed by atoms with van der Waals surface area (Å²) in [6.45, 7) is 2.04. The van der Waals surface area contributed by atoms with Gasteiger partial charge in [-0.3, -0.25) is 9.59 Å². The summed E-state index contributed by atoms with van der Waals surface area (Å²) in [7, 11) is 0. The van der Waals surface area contributed by atoms with Gasteiger partial charge in [0.1, 0.15) is 17.3 Å². The van der Waals surface area contributed by atoms with Crippen molar-refractivity contribution in [3.05, 3.63) is 29.6 Å². The second kappa shape index (κ2) is 6.03. The molecule has 1 aromatic carbocycles. The molecule has 1 fully saturated rings. The van der Waals surface area contributed by atoms with Gasteiger partial charge in [0.05, 0.1) is 5.56 Å². The van der Waals surface area contributed by atoms with Gasteiger partial charge in [0.2, 0.25) is 0 Å². The molecule has 0 saturated carbocycles. The van der Waals surface area contributed by atoms with Crippen LogP contribution >= 0.6 is 0 Å². The molecule has 1 N–H and O–H groups in total. The number of phenols is 1. The summed E-state index contributed by atoms with van der Waals surface area (Å²) in [6, 6.07) is 3.35. The normalized spacial score (nSPS) is 18.9. The van der Waals surface area contributed by atoms with Crippen molar-refractivity contribution in [2.75, 3.05) is 6.54 Å². The Hall–Kier alpha value is -1.91. The van der Waals surface area contributed by atoms with Gasteiger partial charge < -0.3 is 10.0 Å². The van der Waals surface area contributed by atoms with Crippen molar-refractivity contribution in [2.24, 2.45) is 0 Å². The lowest BCUT2D eigenvalue weighted by Crippen LogP contribution is -2.44. The van der Waals surface area contributed by atoms with Crippen LogP contribution in [-0.2, 0) is 4.79 Å². The Labute approximate surface area is 117 Å². The number of carbonyl (C=O) groups excluding carboxylic acids is 2. The number of hydrogen-bond donors (Lipinski definition) is 1. The fourth-order valence-electron chi connectivity index (χ4n) is 2.64. The van der Waals surface area contributed by atoms with E-state index in [0.29, 0.717) is 13.0 Å². The van der Waals surface area contributed by atoms with Gasteiger partial charge in [0.15, 0.2) is 0 Å². The minimum Gasteiger partial charge on any atom is -0.508 e. The number of nitrogens with zero attached hydrogens (tertiary/aromatic N) is 1. The lowest BCUT2D eigenvalue weighted by atomic mass is 9.96. The number of benzene rings is 1. The maximum atomic E-state index is 13.8. The quantitative estimate of drug-likeness (QED) is 0.925. The van der Waals surface area contributed by atoms with Crippen LogP contribution in [0.1, 0.15) is 43.0 Å². The fraction of sp³-hybridized carbons (Fsp3) is 0.467. The van der Waals surface area contributed by atoms with E-state index in [0.717, 1.165) is 25.3 Å². The molecule has 1 aliphatic rings. The third-order valence-corrected chi connectivity index (χ3v) is 3.59. The maximum absolute atomic E-state index is 13.8. The monoisotopic (exact) mass is 279 g/mol. The minimum absolute atomic E-state index is 0.0286. The number of hydrogen-bond acceptors (Lipinski definition) is 3. The van der Waals surface area contributed by atoms with E-state index in [4.69, 9.17) is 0 Å². The summed E-state index contributed by atoms with van der Waals surface area (Å²) < 4.78 is 13.8. The smallest absolute Gasteiger partial charge is 0.257 e. The summed E-state index contributed by atoms with van der Waals surface area (Å²) in [5, 5.41) is 9.19. The molecule has 2 rings (SSSR count). The van der Waals surface area contributed by atoms with Crippen LogP contribution in [0, 0.1) is 5.82 Å². The van der Waals surface area contributed by atoms with Crippen LogP contribution in [0.2, 0.25) is 0 Å². The van der Waals surface area contributed by atoms with Crippen LogP contribution in [-0.4, -0.2) is 34.3 Å². The molecule has 1 amide bonds. The van der Waals surface area contributed by atoms with E-state index < -0.39 is 11.7 Å². The first-order valence-electron chi connectivity index (χ1n) is 6.78. The number of phenolic OH excluding ortho intramolecular Hbond substituents is 1. The van der Waals surface area contributed by atoms with Gasteiger partial charge in [-0.1, -0.05) is 0 Å². The molecule has 5 heteroatoms. The molecule has 1 aromatic rings. The van der Waals surface area contributed by atoms with E-state index in [2.05, 4.69) is 0 Å². The maximum Gasteiger partial charge on any atom is 0.257 e. The van der Waals surface area contributed by atoms with Crippen molar-refractivity contribution in [3.8, 4) is 5.75 Å². The van der Waals surface area contributed by atoms with Gasteiger partial charge in [-0.05, 0) is 38.3 Å². The van der Waals surface area contributed by atoms with E-state index in [-0.39, 0.29) is 23.1 Å².